The van der Waals surface area contributed by atoms with E-state index in [9.17, 15) is 8.78 Å². The van der Waals surface area contributed by atoms with Crippen molar-refractivity contribution in [2.75, 3.05) is 16.8 Å². The zero-order valence-electron chi connectivity index (χ0n) is 9.68. The molecule has 0 fully saturated rings. The van der Waals surface area contributed by atoms with Gasteiger partial charge in [-0.05, 0) is 12.1 Å². The highest BCUT2D eigenvalue weighted by molar-refractivity contribution is 5.65. The second-order valence-electron chi connectivity index (χ2n) is 3.54. The Morgan fingerprint density at radius 1 is 1.16 bits per heavy atom. The lowest BCUT2D eigenvalue weighted by Crippen LogP contribution is -2.06. The number of anilines is 4. The summed E-state index contributed by atoms with van der Waals surface area (Å²) in [7, 11) is 0. The molecule has 100 valence electrons. The first kappa shape index (κ1) is 12.8. The third kappa shape index (κ3) is 3.41. The lowest BCUT2D eigenvalue weighted by molar-refractivity contribution is -0.0493. The van der Waals surface area contributed by atoms with Crippen LogP contribution in [0.3, 0.4) is 0 Å². The van der Waals surface area contributed by atoms with Gasteiger partial charge in [-0.25, -0.2) is 0 Å². The van der Waals surface area contributed by atoms with E-state index in [1.165, 1.54) is 12.1 Å². The molecule has 0 bridgehead atoms. The van der Waals surface area contributed by atoms with Crippen LogP contribution in [0.1, 0.15) is 0 Å². The molecule has 0 saturated carbocycles. The zero-order chi connectivity index (χ0) is 13.8. The van der Waals surface area contributed by atoms with E-state index >= 15 is 0 Å². The molecule has 2 rings (SSSR count). The summed E-state index contributed by atoms with van der Waals surface area (Å²) in [6.07, 6.45) is 0. The summed E-state index contributed by atoms with van der Waals surface area (Å²) >= 11 is 0. The van der Waals surface area contributed by atoms with Crippen molar-refractivity contribution in [1.82, 2.24) is 9.97 Å². The Bertz CT molecular complexity index is 559. The van der Waals surface area contributed by atoms with Crippen molar-refractivity contribution in [2.24, 2.45) is 0 Å². The molecule has 0 amide bonds. The van der Waals surface area contributed by atoms with Crippen molar-refractivity contribution in [3.63, 3.8) is 0 Å². The van der Waals surface area contributed by atoms with E-state index in [1.807, 2.05) is 0 Å². The Morgan fingerprint density at radius 2 is 1.89 bits per heavy atom. The number of nitrogen functional groups attached to an aromatic ring is 2. The lowest BCUT2D eigenvalue weighted by Gasteiger charge is -2.12. The van der Waals surface area contributed by atoms with Crippen LogP contribution < -0.4 is 21.5 Å². The number of ether oxygens (including phenoxy) is 1. The van der Waals surface area contributed by atoms with Crippen LogP contribution in [-0.4, -0.2) is 16.6 Å². The third-order valence-corrected chi connectivity index (χ3v) is 2.13. The Hall–Kier alpha value is -2.64. The minimum Gasteiger partial charge on any atom is -0.433 e. The quantitative estimate of drug-likeness (QED) is 0.783. The smallest absolute Gasteiger partial charge is 0.387 e. The zero-order valence-corrected chi connectivity index (χ0v) is 9.68. The molecule has 0 aliphatic carbocycles. The molecule has 0 aliphatic rings. The van der Waals surface area contributed by atoms with Gasteiger partial charge in [-0.1, -0.05) is 12.1 Å². The highest BCUT2D eigenvalue weighted by atomic mass is 19.3. The van der Waals surface area contributed by atoms with Crippen LogP contribution in [0.15, 0.2) is 30.3 Å². The number of halogens is 2. The van der Waals surface area contributed by atoms with Crippen LogP contribution in [0.4, 0.5) is 32.1 Å². The first-order valence-electron chi connectivity index (χ1n) is 5.25. The fraction of sp³-hybridized carbons (Fsp3) is 0.0909. The summed E-state index contributed by atoms with van der Waals surface area (Å²) < 4.78 is 28.9. The number of nitrogens with one attached hydrogen (secondary N) is 1. The Labute approximate surface area is 107 Å². The van der Waals surface area contributed by atoms with Gasteiger partial charge < -0.3 is 21.5 Å². The van der Waals surface area contributed by atoms with Gasteiger partial charge in [0, 0.05) is 6.07 Å². The number of benzene rings is 1. The second-order valence-corrected chi connectivity index (χ2v) is 3.54. The fourth-order valence-electron chi connectivity index (χ4n) is 1.46. The number of hydrogen-bond donors (Lipinski definition) is 3. The van der Waals surface area contributed by atoms with Gasteiger partial charge in [0.1, 0.15) is 17.4 Å². The van der Waals surface area contributed by atoms with E-state index in [0.717, 1.165) is 0 Å². The molecule has 6 nitrogen and oxygen atoms in total. The van der Waals surface area contributed by atoms with Crippen LogP contribution >= 0.6 is 0 Å². The van der Waals surface area contributed by atoms with Crippen molar-refractivity contribution in [2.45, 2.75) is 6.61 Å². The molecule has 0 spiro atoms. The van der Waals surface area contributed by atoms with Crippen molar-refractivity contribution in [3.05, 3.63) is 30.3 Å². The topological polar surface area (TPSA) is 99.1 Å². The van der Waals surface area contributed by atoms with E-state index in [0.29, 0.717) is 5.69 Å². The summed E-state index contributed by atoms with van der Waals surface area (Å²) in [5.74, 6) is 0.431. The first-order valence-corrected chi connectivity index (χ1v) is 5.25. The molecule has 0 radical (unpaired) electrons. The maximum Gasteiger partial charge on any atom is 0.387 e. The summed E-state index contributed by atoms with van der Waals surface area (Å²) in [5.41, 5.74) is 11.3. The number of para-hydroxylation sites is 2. The maximum atomic E-state index is 12.3. The minimum atomic E-state index is -2.91. The molecule has 5 N–H and O–H groups in total. The molecule has 0 saturated heterocycles. The molecule has 19 heavy (non-hydrogen) atoms. The summed E-state index contributed by atoms with van der Waals surface area (Å²) in [5, 5.41) is 2.79. The van der Waals surface area contributed by atoms with Gasteiger partial charge in [0.15, 0.2) is 0 Å². The Balaban J connectivity index is 2.27. The number of hydrogen-bond acceptors (Lipinski definition) is 6. The van der Waals surface area contributed by atoms with E-state index in [2.05, 4.69) is 20.0 Å². The molecule has 8 heteroatoms. The van der Waals surface area contributed by atoms with Crippen molar-refractivity contribution < 1.29 is 13.5 Å². The van der Waals surface area contributed by atoms with Crippen LogP contribution in [-0.2, 0) is 0 Å². The highest BCUT2D eigenvalue weighted by Gasteiger charge is 2.10. The SMILES string of the molecule is Nc1cc(Nc2ccccc2OC(F)F)nc(N)n1. The molecular formula is C11H11F2N5O. The van der Waals surface area contributed by atoms with Gasteiger partial charge in [0.05, 0.1) is 5.69 Å². The van der Waals surface area contributed by atoms with Crippen LogP contribution in [0.25, 0.3) is 0 Å². The highest BCUT2D eigenvalue weighted by Crippen LogP contribution is 2.28. The predicted molar refractivity (Wildman–Crippen MR) is 67.2 cm³/mol. The summed E-state index contributed by atoms with van der Waals surface area (Å²) in [4.78, 5) is 7.58. The lowest BCUT2D eigenvalue weighted by atomic mass is 10.3. The Kier molecular flexibility index (Phi) is 3.60. The number of aromatic nitrogens is 2. The molecule has 1 aromatic heterocycles. The summed E-state index contributed by atoms with van der Waals surface area (Å²) in [6.45, 7) is -2.91. The number of nitrogens with two attached hydrogens (primary N) is 2. The van der Waals surface area contributed by atoms with Crippen LogP contribution in [0.5, 0.6) is 5.75 Å². The maximum absolute atomic E-state index is 12.3. The van der Waals surface area contributed by atoms with Crippen LogP contribution in [0, 0.1) is 0 Å². The largest absolute Gasteiger partial charge is 0.433 e. The van der Waals surface area contributed by atoms with E-state index in [-0.39, 0.29) is 23.3 Å². The van der Waals surface area contributed by atoms with E-state index in [4.69, 9.17) is 11.5 Å². The third-order valence-electron chi connectivity index (χ3n) is 2.13. The van der Waals surface area contributed by atoms with E-state index in [1.54, 1.807) is 18.2 Å². The Morgan fingerprint density at radius 3 is 2.58 bits per heavy atom. The van der Waals surface area contributed by atoms with Gasteiger partial charge in [0.25, 0.3) is 0 Å². The second kappa shape index (κ2) is 5.34. The number of rotatable bonds is 4. The predicted octanol–water partition coefficient (Wildman–Crippen LogP) is 1.99. The van der Waals surface area contributed by atoms with Crippen molar-refractivity contribution >= 4 is 23.3 Å². The van der Waals surface area contributed by atoms with E-state index < -0.39 is 6.61 Å². The minimum absolute atomic E-state index is 0.00625. The standard InChI is InChI=1S/C11H11F2N5O/c12-10(13)19-7-4-2-1-3-6(7)16-9-5-8(14)17-11(15)18-9/h1-5,10H,(H5,14,15,16,17,18). The van der Waals surface area contributed by atoms with Crippen LogP contribution in [0.2, 0.25) is 0 Å². The van der Waals surface area contributed by atoms with Gasteiger partial charge >= 0.3 is 6.61 Å². The molecule has 1 heterocycles. The number of alkyl halides is 2. The van der Waals surface area contributed by atoms with Gasteiger partial charge in [-0.3, -0.25) is 0 Å². The monoisotopic (exact) mass is 267 g/mol. The molecular weight excluding hydrogens is 256 g/mol. The summed E-state index contributed by atoms with van der Waals surface area (Å²) in [6, 6.07) is 7.63. The molecule has 0 atom stereocenters. The van der Waals surface area contributed by atoms with Crippen molar-refractivity contribution in [3.8, 4) is 5.75 Å². The fourth-order valence-corrected chi connectivity index (χ4v) is 1.46. The molecule has 0 aliphatic heterocycles. The number of nitrogens with zero attached hydrogens (tertiary/aromatic N) is 2. The normalized spacial score (nSPS) is 10.5. The molecule has 2 aromatic rings. The average molecular weight is 267 g/mol. The first-order chi connectivity index (χ1) is 9.04. The average Bonchev–Trinajstić information content (AvgIpc) is 2.29. The van der Waals surface area contributed by atoms with Gasteiger partial charge in [-0.15, -0.1) is 0 Å². The molecule has 0 unspecified atom stereocenters. The van der Waals surface area contributed by atoms with Gasteiger partial charge in [-0.2, -0.15) is 18.7 Å². The van der Waals surface area contributed by atoms with Crippen molar-refractivity contribution in [1.29, 1.82) is 0 Å². The molecule has 1 aromatic carbocycles. The van der Waals surface area contributed by atoms with Gasteiger partial charge in [0.2, 0.25) is 5.95 Å².